The molecule has 2 rings (SSSR count). The number of rotatable bonds is 3. The molecule has 1 aliphatic rings. The molecule has 0 aliphatic carbocycles. The number of aliphatic carboxylic acids is 1. The topological polar surface area (TPSA) is 83.6 Å². The van der Waals surface area contributed by atoms with Gasteiger partial charge in [-0.05, 0) is 30.5 Å². The van der Waals surface area contributed by atoms with Crippen molar-refractivity contribution in [3.63, 3.8) is 0 Å². The summed E-state index contributed by atoms with van der Waals surface area (Å²) in [7, 11) is 0. The van der Waals surface area contributed by atoms with Crippen molar-refractivity contribution in [2.45, 2.75) is 19.3 Å². The standard InChI is InChI=1S/C14H18N2O3/c15-12-5-3-10(4-6-12)8-13(17)16-7-1-2-11(9-16)14(18)19/h3-6,11H,1-2,7-9,15H2,(H,18,19). The van der Waals surface area contributed by atoms with E-state index in [0.29, 0.717) is 31.6 Å². The van der Waals surface area contributed by atoms with Gasteiger partial charge in [-0.1, -0.05) is 12.1 Å². The Kier molecular flexibility index (Phi) is 4.04. The zero-order valence-corrected chi connectivity index (χ0v) is 10.7. The van der Waals surface area contributed by atoms with Crippen LogP contribution in [0.5, 0.6) is 0 Å². The number of hydrogen-bond acceptors (Lipinski definition) is 3. The predicted molar refractivity (Wildman–Crippen MR) is 71.5 cm³/mol. The number of nitrogens with two attached hydrogens (primary N) is 1. The predicted octanol–water partition coefficient (Wildman–Crippen LogP) is 1.13. The molecule has 1 aromatic rings. The smallest absolute Gasteiger partial charge is 0.308 e. The third-order valence-electron chi connectivity index (χ3n) is 3.46. The fourth-order valence-corrected chi connectivity index (χ4v) is 2.33. The van der Waals surface area contributed by atoms with Gasteiger partial charge in [-0.3, -0.25) is 9.59 Å². The van der Waals surface area contributed by atoms with Gasteiger partial charge in [-0.2, -0.15) is 0 Å². The second kappa shape index (κ2) is 5.73. The summed E-state index contributed by atoms with van der Waals surface area (Å²) < 4.78 is 0. The van der Waals surface area contributed by atoms with Gasteiger partial charge in [-0.15, -0.1) is 0 Å². The Morgan fingerprint density at radius 2 is 2.00 bits per heavy atom. The maximum atomic E-state index is 12.1. The molecular weight excluding hydrogens is 244 g/mol. The second-order valence-electron chi connectivity index (χ2n) is 4.94. The van der Waals surface area contributed by atoms with Crippen LogP contribution in [0.25, 0.3) is 0 Å². The molecule has 1 atom stereocenters. The fourth-order valence-electron chi connectivity index (χ4n) is 2.33. The lowest BCUT2D eigenvalue weighted by atomic mass is 9.97. The van der Waals surface area contributed by atoms with Crippen molar-refractivity contribution in [1.29, 1.82) is 0 Å². The Balaban J connectivity index is 1.96. The Labute approximate surface area is 112 Å². The molecule has 1 aromatic carbocycles. The van der Waals surface area contributed by atoms with Gasteiger partial charge in [0.05, 0.1) is 12.3 Å². The Bertz CT molecular complexity index is 470. The number of carboxylic acid groups (broad SMARTS) is 1. The molecule has 19 heavy (non-hydrogen) atoms. The van der Waals surface area contributed by atoms with Crippen molar-refractivity contribution in [3.8, 4) is 0 Å². The number of carbonyl (C=O) groups excluding carboxylic acids is 1. The first-order valence-corrected chi connectivity index (χ1v) is 6.41. The zero-order chi connectivity index (χ0) is 13.8. The molecule has 0 radical (unpaired) electrons. The molecule has 1 aliphatic heterocycles. The SMILES string of the molecule is Nc1ccc(CC(=O)N2CCCC(C(=O)O)C2)cc1. The van der Waals surface area contributed by atoms with Crippen molar-refractivity contribution in [2.75, 3.05) is 18.8 Å². The van der Waals surface area contributed by atoms with Gasteiger partial charge in [0.2, 0.25) is 5.91 Å². The lowest BCUT2D eigenvalue weighted by molar-refractivity contribution is -0.145. The van der Waals surface area contributed by atoms with E-state index in [-0.39, 0.29) is 5.91 Å². The van der Waals surface area contributed by atoms with E-state index in [4.69, 9.17) is 10.8 Å². The Morgan fingerprint density at radius 1 is 1.32 bits per heavy atom. The van der Waals surface area contributed by atoms with Crippen LogP contribution in [0.1, 0.15) is 18.4 Å². The lowest BCUT2D eigenvalue weighted by Gasteiger charge is -2.30. The molecule has 1 saturated heterocycles. The van der Waals surface area contributed by atoms with Gasteiger partial charge in [-0.25, -0.2) is 0 Å². The molecule has 1 unspecified atom stereocenters. The summed E-state index contributed by atoms with van der Waals surface area (Å²) in [5, 5.41) is 9.01. The van der Waals surface area contributed by atoms with E-state index in [2.05, 4.69) is 0 Å². The van der Waals surface area contributed by atoms with Crippen LogP contribution in [0.4, 0.5) is 5.69 Å². The number of hydrogen-bond donors (Lipinski definition) is 2. The minimum absolute atomic E-state index is 0.0179. The lowest BCUT2D eigenvalue weighted by Crippen LogP contribution is -2.42. The molecule has 5 nitrogen and oxygen atoms in total. The fraction of sp³-hybridized carbons (Fsp3) is 0.429. The number of carbonyl (C=O) groups is 2. The second-order valence-corrected chi connectivity index (χ2v) is 4.94. The summed E-state index contributed by atoms with van der Waals surface area (Å²) >= 11 is 0. The van der Waals surface area contributed by atoms with Crippen molar-refractivity contribution in [2.24, 2.45) is 5.92 Å². The van der Waals surface area contributed by atoms with Crippen LogP contribution < -0.4 is 5.73 Å². The van der Waals surface area contributed by atoms with Crippen LogP contribution >= 0.6 is 0 Å². The molecule has 0 spiro atoms. The highest BCUT2D eigenvalue weighted by Gasteiger charge is 2.27. The molecule has 1 fully saturated rings. The molecule has 0 saturated carbocycles. The molecule has 0 aromatic heterocycles. The minimum Gasteiger partial charge on any atom is -0.481 e. The molecule has 1 amide bonds. The molecule has 0 bridgehead atoms. The number of anilines is 1. The van der Waals surface area contributed by atoms with Crippen LogP contribution in [0.2, 0.25) is 0 Å². The number of amides is 1. The third kappa shape index (κ3) is 3.47. The van der Waals surface area contributed by atoms with Crippen molar-refractivity contribution < 1.29 is 14.7 Å². The van der Waals surface area contributed by atoms with Crippen molar-refractivity contribution in [3.05, 3.63) is 29.8 Å². The number of likely N-dealkylation sites (tertiary alicyclic amines) is 1. The van der Waals surface area contributed by atoms with E-state index >= 15 is 0 Å². The van der Waals surface area contributed by atoms with Gasteiger partial charge in [0.1, 0.15) is 0 Å². The van der Waals surface area contributed by atoms with Crippen LogP contribution in [-0.2, 0) is 16.0 Å². The van der Waals surface area contributed by atoms with E-state index in [1.165, 1.54) is 0 Å². The summed E-state index contributed by atoms with van der Waals surface area (Å²) in [5.41, 5.74) is 7.16. The van der Waals surface area contributed by atoms with Gasteiger partial charge >= 0.3 is 5.97 Å². The summed E-state index contributed by atoms with van der Waals surface area (Å²) in [6.07, 6.45) is 1.71. The van der Waals surface area contributed by atoms with E-state index in [1.807, 2.05) is 12.1 Å². The van der Waals surface area contributed by atoms with Crippen molar-refractivity contribution >= 4 is 17.6 Å². The Hall–Kier alpha value is -2.04. The third-order valence-corrected chi connectivity index (χ3v) is 3.46. The summed E-state index contributed by atoms with van der Waals surface area (Å²) in [6.45, 7) is 0.973. The number of nitrogen functional groups attached to an aromatic ring is 1. The first-order chi connectivity index (χ1) is 9.06. The summed E-state index contributed by atoms with van der Waals surface area (Å²) in [6, 6.07) is 7.18. The van der Waals surface area contributed by atoms with E-state index < -0.39 is 11.9 Å². The summed E-state index contributed by atoms with van der Waals surface area (Å²) in [4.78, 5) is 24.7. The number of piperidine rings is 1. The van der Waals surface area contributed by atoms with Crippen LogP contribution in [0.3, 0.4) is 0 Å². The number of carboxylic acids is 1. The van der Waals surface area contributed by atoms with E-state index in [1.54, 1.807) is 17.0 Å². The highest BCUT2D eigenvalue weighted by molar-refractivity contribution is 5.80. The average molecular weight is 262 g/mol. The van der Waals surface area contributed by atoms with Gasteiger partial charge in [0, 0.05) is 18.8 Å². The number of benzene rings is 1. The first kappa shape index (κ1) is 13.4. The average Bonchev–Trinajstić information content (AvgIpc) is 2.41. The van der Waals surface area contributed by atoms with Gasteiger partial charge < -0.3 is 15.7 Å². The van der Waals surface area contributed by atoms with Gasteiger partial charge in [0.25, 0.3) is 0 Å². The summed E-state index contributed by atoms with van der Waals surface area (Å²) in [5.74, 6) is -1.26. The Morgan fingerprint density at radius 3 is 2.63 bits per heavy atom. The number of nitrogens with zero attached hydrogens (tertiary/aromatic N) is 1. The van der Waals surface area contributed by atoms with E-state index in [0.717, 1.165) is 12.0 Å². The van der Waals surface area contributed by atoms with Crippen LogP contribution in [0.15, 0.2) is 24.3 Å². The molecule has 102 valence electrons. The highest BCUT2D eigenvalue weighted by atomic mass is 16.4. The molecule has 5 heteroatoms. The highest BCUT2D eigenvalue weighted by Crippen LogP contribution is 2.18. The van der Waals surface area contributed by atoms with Crippen LogP contribution in [0, 0.1) is 5.92 Å². The first-order valence-electron chi connectivity index (χ1n) is 6.41. The molecule has 1 heterocycles. The monoisotopic (exact) mass is 262 g/mol. The van der Waals surface area contributed by atoms with E-state index in [9.17, 15) is 9.59 Å². The normalized spacial score (nSPS) is 19.2. The maximum Gasteiger partial charge on any atom is 0.308 e. The zero-order valence-electron chi connectivity index (χ0n) is 10.7. The minimum atomic E-state index is -0.815. The maximum absolute atomic E-state index is 12.1. The largest absolute Gasteiger partial charge is 0.481 e. The molecule has 3 N–H and O–H groups in total. The van der Waals surface area contributed by atoms with Gasteiger partial charge in [0.15, 0.2) is 0 Å². The quantitative estimate of drug-likeness (QED) is 0.800. The van der Waals surface area contributed by atoms with Crippen molar-refractivity contribution in [1.82, 2.24) is 4.90 Å². The van der Waals surface area contributed by atoms with Crippen LogP contribution in [-0.4, -0.2) is 35.0 Å². The molecular formula is C14H18N2O3.